The maximum atomic E-state index is 15.1. The number of hydrogen-bond donors (Lipinski definition) is 2. The number of pyridine rings is 1. The fourth-order valence-electron chi connectivity index (χ4n) is 9.97. The van der Waals surface area contributed by atoms with Gasteiger partial charge in [0.15, 0.2) is 0 Å². The number of likely N-dealkylation sites (tertiary alicyclic amines) is 1. The Labute approximate surface area is 418 Å². The second kappa shape index (κ2) is 19.4. The van der Waals surface area contributed by atoms with Gasteiger partial charge in [0.05, 0.1) is 33.8 Å². The molecule has 16 nitrogen and oxygen atoms in total. The number of para-hydroxylation sites is 1. The Morgan fingerprint density at radius 2 is 1.77 bits per heavy atom. The smallest absolute Gasteiger partial charge is 0.543 e. The van der Waals surface area contributed by atoms with Gasteiger partial charge in [-0.05, 0) is 109 Å². The Balaban J connectivity index is 0.00000560. The van der Waals surface area contributed by atoms with E-state index in [1.165, 1.54) is 11.0 Å². The minimum atomic E-state index is -4.14. The number of nitrogens with zero attached hydrogens (tertiary/aromatic N) is 4. The van der Waals surface area contributed by atoms with E-state index in [9.17, 15) is 22.8 Å². The number of fused-ring (bicyclic) bond motifs is 5. The van der Waals surface area contributed by atoms with Crippen molar-refractivity contribution in [1.82, 2.24) is 25.4 Å². The topological polar surface area (TPSA) is 197 Å². The molecule has 3 aliphatic carbocycles. The van der Waals surface area contributed by atoms with Crippen LogP contribution in [0.3, 0.4) is 0 Å². The number of piperidine rings is 1. The second-order valence-corrected chi connectivity index (χ2v) is 21.4. The van der Waals surface area contributed by atoms with E-state index in [1.807, 2.05) is 24.3 Å². The number of benzene rings is 1. The van der Waals surface area contributed by atoms with Crippen molar-refractivity contribution in [2.24, 2.45) is 17.8 Å². The molecular formula is C46H61KN6O10S. The summed E-state index contributed by atoms with van der Waals surface area (Å²) in [5, 5.41) is 6.66. The number of amides is 4. The van der Waals surface area contributed by atoms with Crippen LogP contribution in [0.2, 0.25) is 0 Å². The fraction of sp³-hybridized carbons (Fsp3) is 0.674. The van der Waals surface area contributed by atoms with Gasteiger partial charge in [0.25, 0.3) is 0 Å². The van der Waals surface area contributed by atoms with E-state index in [0.29, 0.717) is 56.7 Å². The third kappa shape index (κ3) is 10.0. The average molecular weight is 929 g/mol. The molecule has 3 saturated carbocycles. The molecule has 64 heavy (non-hydrogen) atoms. The number of rotatable bonds is 9. The van der Waals surface area contributed by atoms with E-state index >= 15 is 4.79 Å². The van der Waals surface area contributed by atoms with Crippen molar-refractivity contribution in [3.05, 3.63) is 47.2 Å². The number of nitrogens with one attached hydrogen (secondary N) is 2. The predicted molar refractivity (Wildman–Crippen MR) is 233 cm³/mol. The molecule has 0 spiro atoms. The molecule has 1 aromatic carbocycles. The third-order valence-electron chi connectivity index (χ3n) is 14.7. The van der Waals surface area contributed by atoms with Crippen LogP contribution in [-0.2, 0) is 40.3 Å². The van der Waals surface area contributed by atoms with Gasteiger partial charge in [-0.1, -0.05) is 31.1 Å². The van der Waals surface area contributed by atoms with Crippen LogP contribution in [0.4, 0.5) is 4.79 Å². The van der Waals surface area contributed by atoms with E-state index < -0.39 is 68.2 Å². The molecule has 3 saturated heterocycles. The van der Waals surface area contributed by atoms with Crippen LogP contribution in [0.1, 0.15) is 96.0 Å². The molecule has 0 unspecified atom stereocenters. The van der Waals surface area contributed by atoms with Crippen molar-refractivity contribution in [3.63, 3.8) is 0 Å². The summed E-state index contributed by atoms with van der Waals surface area (Å²) >= 11 is 0. The minimum absolute atomic E-state index is 0. The van der Waals surface area contributed by atoms with Gasteiger partial charge >= 0.3 is 57.5 Å². The monoisotopic (exact) mass is 928 g/mol. The molecule has 1 aromatic heterocycles. The molecule has 0 radical (unpaired) electrons. The molecule has 2 N–H and O–H groups in total. The fourth-order valence-corrected chi connectivity index (χ4v) is 11.2. The number of ether oxygens (including phenoxy) is 4. The SMILES string of the molecule is C=C[C@@H]1C[C@]1(NC(=O)[C@@H]1C[C@@H]2CN1C(=O)[C@H](C1CCOCC1)NC(=O)O[C@@H]1C[C@H]1CCCCCc1c(nc3ccccc3c1OC1CCN(C)CC1)O2)C(=O)[N-]S(=O)(=O)C1(C)CC1.[K+]. The number of hydrogen-bond acceptors (Lipinski definition) is 12. The Bertz CT molecular complexity index is 2230. The molecule has 2 aromatic rings. The van der Waals surface area contributed by atoms with E-state index in [2.05, 4.69) is 33.9 Å². The van der Waals surface area contributed by atoms with Crippen LogP contribution < -0.4 is 71.5 Å². The van der Waals surface area contributed by atoms with Gasteiger partial charge < -0.3 is 48.9 Å². The van der Waals surface area contributed by atoms with Crippen molar-refractivity contribution >= 4 is 44.7 Å². The zero-order chi connectivity index (χ0) is 44.1. The third-order valence-corrected chi connectivity index (χ3v) is 16.7. The largest absolute Gasteiger partial charge is 1.00 e. The van der Waals surface area contributed by atoms with Gasteiger partial charge in [-0.25, -0.2) is 18.2 Å². The molecule has 7 aliphatic rings. The number of carbonyl (C=O) groups is 4. The zero-order valence-electron chi connectivity index (χ0n) is 37.4. The normalized spacial score (nSPS) is 31.2. The molecule has 6 fully saturated rings. The molecule has 2 bridgehead atoms. The van der Waals surface area contributed by atoms with Crippen molar-refractivity contribution in [2.45, 2.75) is 137 Å². The van der Waals surface area contributed by atoms with Gasteiger partial charge in [0.2, 0.25) is 17.7 Å². The molecule has 7 atom stereocenters. The molecule has 5 heterocycles. The van der Waals surface area contributed by atoms with Crippen LogP contribution >= 0.6 is 0 Å². The predicted octanol–water partition coefficient (Wildman–Crippen LogP) is 1.93. The summed E-state index contributed by atoms with van der Waals surface area (Å²) in [6.45, 7) is 8.02. The number of aromatic nitrogens is 1. The molecule has 4 amide bonds. The van der Waals surface area contributed by atoms with Crippen LogP contribution in [-0.4, -0.2) is 128 Å². The quantitative estimate of drug-likeness (QED) is 0.275. The molecular weight excluding hydrogens is 868 g/mol. The summed E-state index contributed by atoms with van der Waals surface area (Å²) in [6, 6.07) is 5.66. The first-order chi connectivity index (χ1) is 30.3. The number of carbonyl (C=O) groups excluding carboxylic acids is 4. The maximum absolute atomic E-state index is 15.1. The average Bonchev–Trinajstić information content (AvgIpc) is 4.23. The van der Waals surface area contributed by atoms with Gasteiger partial charge in [-0.15, -0.1) is 6.58 Å². The van der Waals surface area contributed by atoms with Gasteiger partial charge in [-0.3, -0.25) is 9.59 Å². The van der Waals surface area contributed by atoms with Gasteiger partial charge in [0.1, 0.15) is 46.2 Å². The Kier molecular flexibility index (Phi) is 14.4. The first-order valence-corrected chi connectivity index (χ1v) is 24.5. The molecule has 342 valence electrons. The Morgan fingerprint density at radius 3 is 2.48 bits per heavy atom. The first kappa shape index (κ1) is 47.6. The van der Waals surface area contributed by atoms with E-state index in [1.54, 1.807) is 6.92 Å². The van der Waals surface area contributed by atoms with E-state index in [4.69, 9.17) is 23.9 Å². The van der Waals surface area contributed by atoms with Crippen LogP contribution in [0, 0.1) is 17.8 Å². The summed E-state index contributed by atoms with van der Waals surface area (Å²) in [5.41, 5.74) is -0.0807. The van der Waals surface area contributed by atoms with E-state index in [0.717, 1.165) is 74.7 Å². The standard InChI is InChI=1S/C46H62N6O10S.K/c1-4-30-26-46(30,43(55)50-63(57,58)45(2)18-19-45)49-40(53)36-25-32-27-52(36)42(54)38(28-16-22-59-23-17-28)48-44(56)62-37-24-29(37)10-6-5-7-12-34-39(60-31-14-20-51(3)21-15-31)33-11-8-9-13-35(33)47-41(34)61-32;/h4,8-9,11,13,28-32,36-38H,1,5-7,10,12,14-27H2,2-3H3,(H3,48,49,50,53,55,56);/q;+1/p-1/t29-,30-,32-,36+,37-,38+,46-;/m1./s1. The number of sulfonamides is 1. The number of alkyl carbamates (subject to hydrolysis) is 1. The van der Waals surface area contributed by atoms with Gasteiger partial charge in [-0.2, -0.15) is 0 Å². The van der Waals surface area contributed by atoms with Gasteiger partial charge in [0, 0.05) is 44.0 Å². The van der Waals surface area contributed by atoms with Crippen LogP contribution in [0.5, 0.6) is 11.6 Å². The van der Waals surface area contributed by atoms with Crippen molar-refractivity contribution in [1.29, 1.82) is 0 Å². The summed E-state index contributed by atoms with van der Waals surface area (Å²) in [7, 11) is -2.02. The summed E-state index contributed by atoms with van der Waals surface area (Å²) in [6.07, 6.45) is 8.63. The summed E-state index contributed by atoms with van der Waals surface area (Å²) in [5.74, 6) is -1.58. The van der Waals surface area contributed by atoms with E-state index in [-0.39, 0.29) is 94.8 Å². The first-order valence-electron chi connectivity index (χ1n) is 23.0. The minimum Gasteiger partial charge on any atom is -0.543 e. The van der Waals surface area contributed by atoms with Crippen LogP contribution in [0.25, 0.3) is 15.6 Å². The Morgan fingerprint density at radius 1 is 1.02 bits per heavy atom. The molecule has 9 rings (SSSR count). The molecule has 4 aliphatic heterocycles. The summed E-state index contributed by atoms with van der Waals surface area (Å²) < 4.78 is 54.3. The zero-order valence-corrected chi connectivity index (χ0v) is 41.4. The van der Waals surface area contributed by atoms with Crippen molar-refractivity contribution < 1.29 is 97.9 Å². The molecule has 18 heteroatoms. The van der Waals surface area contributed by atoms with Crippen molar-refractivity contribution in [2.75, 3.05) is 39.9 Å². The van der Waals surface area contributed by atoms with Crippen LogP contribution in [0.15, 0.2) is 36.9 Å². The summed E-state index contributed by atoms with van der Waals surface area (Å²) in [4.78, 5) is 66.0. The second-order valence-electron chi connectivity index (χ2n) is 19.3. The van der Waals surface area contributed by atoms with Crippen molar-refractivity contribution in [3.8, 4) is 11.6 Å². The maximum Gasteiger partial charge on any atom is 1.00 e. The Hall–Kier alpha value is -2.84.